The summed E-state index contributed by atoms with van der Waals surface area (Å²) in [5.74, 6) is -1.94. The zero-order valence-corrected chi connectivity index (χ0v) is 32.3. The lowest BCUT2D eigenvalue weighted by atomic mass is 9.98. The summed E-state index contributed by atoms with van der Waals surface area (Å²) in [7, 11) is -2.72. The first-order valence-corrected chi connectivity index (χ1v) is 21.3. The van der Waals surface area contributed by atoms with E-state index in [1.54, 1.807) is 18.2 Å². The van der Waals surface area contributed by atoms with Crippen LogP contribution in [-0.4, -0.2) is 23.0 Å². The largest absolute Gasteiger partial charge is 0.299 e. The van der Waals surface area contributed by atoms with Gasteiger partial charge in [0, 0.05) is 27.8 Å². The molecule has 9 aromatic rings. The first kappa shape index (κ1) is 35.3. The maximum atomic E-state index is 16.7. The average Bonchev–Trinajstić information content (AvgIpc) is 3.53. The number of halogens is 2. The maximum absolute atomic E-state index is 16.7. The van der Waals surface area contributed by atoms with Crippen LogP contribution in [0.15, 0.2) is 212 Å². The lowest BCUT2D eigenvalue weighted by Crippen LogP contribution is -2.74. The van der Waals surface area contributed by atoms with Gasteiger partial charge in [-0.1, -0.05) is 200 Å². The van der Waals surface area contributed by atoms with Gasteiger partial charge in [-0.15, -0.1) is 0 Å². The summed E-state index contributed by atoms with van der Waals surface area (Å²) in [5, 5.41) is 5.05. The van der Waals surface area contributed by atoms with E-state index in [0.29, 0.717) is 34.2 Å². The number of benzene rings is 8. The van der Waals surface area contributed by atoms with E-state index in [9.17, 15) is 0 Å². The monoisotopic (exact) mass is 767 g/mol. The van der Waals surface area contributed by atoms with Gasteiger partial charge in [0.05, 0.1) is 0 Å². The van der Waals surface area contributed by atoms with Gasteiger partial charge >= 0.3 is 0 Å². The molecule has 0 N–H and O–H groups in total. The molecular formula is C52H35F2N3Si. The summed E-state index contributed by atoms with van der Waals surface area (Å²) in [6.07, 6.45) is 0. The highest BCUT2D eigenvalue weighted by molar-refractivity contribution is 7.19. The highest BCUT2D eigenvalue weighted by Crippen LogP contribution is 2.52. The van der Waals surface area contributed by atoms with E-state index in [0.717, 1.165) is 22.3 Å². The van der Waals surface area contributed by atoms with E-state index >= 15 is 8.78 Å². The van der Waals surface area contributed by atoms with Crippen molar-refractivity contribution in [1.29, 1.82) is 0 Å². The van der Waals surface area contributed by atoms with Crippen molar-refractivity contribution < 1.29 is 8.78 Å². The number of rotatable bonds is 8. The van der Waals surface area contributed by atoms with Crippen LogP contribution in [-0.2, 0) is 5.92 Å². The first-order valence-electron chi connectivity index (χ1n) is 19.3. The Morgan fingerprint density at radius 2 is 0.638 bits per heavy atom. The van der Waals surface area contributed by atoms with Gasteiger partial charge in [-0.2, -0.15) is 8.78 Å². The summed E-state index contributed by atoms with van der Waals surface area (Å²) in [4.78, 5) is 14.4. The zero-order valence-electron chi connectivity index (χ0n) is 31.3. The number of alkyl halides is 2. The second-order valence-electron chi connectivity index (χ2n) is 14.6. The van der Waals surface area contributed by atoms with Gasteiger partial charge in [-0.3, -0.25) is 0 Å². The Bertz CT molecular complexity index is 2740. The molecule has 1 aliphatic carbocycles. The van der Waals surface area contributed by atoms with E-state index in [-0.39, 0.29) is 11.1 Å². The van der Waals surface area contributed by atoms with E-state index < -0.39 is 14.0 Å². The van der Waals surface area contributed by atoms with Crippen molar-refractivity contribution in [3.63, 3.8) is 0 Å². The predicted molar refractivity (Wildman–Crippen MR) is 234 cm³/mol. The van der Waals surface area contributed by atoms with Gasteiger partial charge in [0.15, 0.2) is 25.5 Å². The minimum atomic E-state index is -3.23. The van der Waals surface area contributed by atoms with Gasteiger partial charge in [0.1, 0.15) is 0 Å². The van der Waals surface area contributed by atoms with E-state index in [1.165, 1.54) is 20.7 Å². The van der Waals surface area contributed by atoms with Crippen molar-refractivity contribution in [3.8, 4) is 56.4 Å². The standard InChI is InChI=1S/C52H35F2N3Si/c53-52(54)47-34-39(36-26-30-44(31-27-36)58(41-20-10-3-11-21-41,42-22-12-4-13-23-42)43-24-14-5-15-25-43)28-32-45(47)46-33-29-40(35-48(46)52)51-56-49(37-16-6-1-7-17-37)55-50(57-51)38-18-8-2-9-19-38/h1-35H. The van der Waals surface area contributed by atoms with E-state index in [4.69, 9.17) is 15.0 Å². The molecule has 3 nitrogen and oxygen atoms in total. The lowest BCUT2D eigenvalue weighted by Gasteiger charge is -2.34. The normalized spacial score (nSPS) is 12.8. The van der Waals surface area contributed by atoms with Gasteiger partial charge in [0.25, 0.3) is 5.92 Å². The Morgan fingerprint density at radius 1 is 0.310 bits per heavy atom. The fourth-order valence-corrected chi connectivity index (χ4v) is 13.2. The molecule has 58 heavy (non-hydrogen) atoms. The Morgan fingerprint density at radius 3 is 1.07 bits per heavy atom. The molecule has 276 valence electrons. The van der Waals surface area contributed by atoms with Crippen molar-refractivity contribution >= 4 is 28.8 Å². The van der Waals surface area contributed by atoms with Gasteiger partial charge in [-0.05, 0) is 55.1 Å². The van der Waals surface area contributed by atoms with Crippen LogP contribution in [0, 0.1) is 0 Å². The molecule has 0 amide bonds. The van der Waals surface area contributed by atoms with Crippen molar-refractivity contribution in [1.82, 2.24) is 15.0 Å². The van der Waals surface area contributed by atoms with Crippen molar-refractivity contribution in [3.05, 3.63) is 223 Å². The maximum Gasteiger partial charge on any atom is 0.299 e. The average molecular weight is 768 g/mol. The zero-order chi connectivity index (χ0) is 39.1. The molecule has 1 heterocycles. The molecule has 0 bridgehead atoms. The molecule has 10 rings (SSSR count). The lowest BCUT2D eigenvalue weighted by molar-refractivity contribution is 0.0481. The van der Waals surface area contributed by atoms with Gasteiger partial charge < -0.3 is 0 Å². The number of hydrogen-bond donors (Lipinski definition) is 0. The van der Waals surface area contributed by atoms with Crippen LogP contribution < -0.4 is 20.7 Å². The molecule has 1 aliphatic rings. The smallest absolute Gasteiger partial charge is 0.208 e. The Hall–Kier alpha value is -7.15. The molecule has 6 heteroatoms. The SMILES string of the molecule is FC1(F)c2cc(-c3ccc([Si](c4ccccc4)(c4ccccc4)c4ccccc4)cc3)ccc2-c2ccc(-c3nc(-c4ccccc4)nc(-c4ccccc4)n3)cc21. The summed E-state index contributed by atoms with van der Waals surface area (Å²) < 4.78 is 33.5. The summed E-state index contributed by atoms with van der Waals surface area (Å²) in [6, 6.07) is 70.6. The molecule has 0 unspecified atom stereocenters. The van der Waals surface area contributed by atoms with Crippen LogP contribution >= 0.6 is 0 Å². The minimum absolute atomic E-state index is 0.00611. The van der Waals surface area contributed by atoms with Crippen LogP contribution in [0.25, 0.3) is 56.4 Å². The second kappa shape index (κ2) is 14.4. The molecule has 0 saturated heterocycles. The van der Waals surface area contributed by atoms with E-state index in [1.807, 2.05) is 78.9 Å². The summed E-state index contributed by atoms with van der Waals surface area (Å²) >= 11 is 0. The third-order valence-corrected chi connectivity index (χ3v) is 16.0. The Kier molecular flexibility index (Phi) is 8.76. The van der Waals surface area contributed by atoms with Crippen LogP contribution in [0.5, 0.6) is 0 Å². The van der Waals surface area contributed by atoms with Crippen molar-refractivity contribution in [2.24, 2.45) is 0 Å². The molecule has 0 atom stereocenters. The van der Waals surface area contributed by atoms with Crippen LogP contribution in [0.4, 0.5) is 8.78 Å². The molecule has 1 aromatic heterocycles. The predicted octanol–water partition coefficient (Wildman–Crippen LogP) is 10.0. The summed E-state index contributed by atoms with van der Waals surface area (Å²) in [5.41, 5.74) is 4.73. The van der Waals surface area contributed by atoms with Crippen molar-refractivity contribution in [2.75, 3.05) is 0 Å². The third-order valence-electron chi connectivity index (χ3n) is 11.2. The topological polar surface area (TPSA) is 38.7 Å². The molecule has 0 fully saturated rings. The third kappa shape index (κ3) is 5.97. The number of nitrogens with zero attached hydrogens (tertiary/aromatic N) is 3. The van der Waals surface area contributed by atoms with E-state index in [2.05, 4.69) is 115 Å². The number of hydrogen-bond acceptors (Lipinski definition) is 3. The molecule has 8 aromatic carbocycles. The summed E-state index contributed by atoms with van der Waals surface area (Å²) in [6.45, 7) is 0. The minimum Gasteiger partial charge on any atom is -0.208 e. The number of fused-ring (bicyclic) bond motifs is 3. The number of aromatic nitrogens is 3. The highest BCUT2D eigenvalue weighted by Gasteiger charge is 2.45. The fraction of sp³-hybridized carbons (Fsp3) is 0.0192. The molecular weight excluding hydrogens is 733 g/mol. The molecule has 0 radical (unpaired) electrons. The quantitative estimate of drug-likeness (QED) is 0.114. The first-order chi connectivity index (χ1) is 28.5. The van der Waals surface area contributed by atoms with Gasteiger partial charge in [-0.25, -0.2) is 15.0 Å². The molecule has 0 aliphatic heterocycles. The highest BCUT2D eigenvalue weighted by atomic mass is 28.3. The van der Waals surface area contributed by atoms with Crippen LogP contribution in [0.3, 0.4) is 0 Å². The van der Waals surface area contributed by atoms with Crippen molar-refractivity contribution in [2.45, 2.75) is 5.92 Å². The van der Waals surface area contributed by atoms with Crippen LogP contribution in [0.1, 0.15) is 11.1 Å². The fourth-order valence-electron chi connectivity index (χ4n) is 8.46. The van der Waals surface area contributed by atoms with Crippen LogP contribution in [0.2, 0.25) is 0 Å². The molecule has 0 spiro atoms. The molecule has 0 saturated carbocycles. The van der Waals surface area contributed by atoms with Gasteiger partial charge in [0.2, 0.25) is 0 Å². The Labute approximate surface area is 337 Å². The second-order valence-corrected chi connectivity index (χ2v) is 18.4. The Balaban J connectivity index is 1.03.